The summed E-state index contributed by atoms with van der Waals surface area (Å²) in [5, 5.41) is 0. The van der Waals surface area contributed by atoms with Crippen molar-refractivity contribution in [2.45, 2.75) is 44.8 Å². The zero-order chi connectivity index (χ0) is 13.1. The van der Waals surface area contributed by atoms with E-state index in [1.54, 1.807) is 12.1 Å². The molecule has 0 amide bonds. The molecule has 5 heteroatoms. The lowest BCUT2D eigenvalue weighted by Crippen LogP contribution is -2.48. The Hall–Kier alpha value is -0.710. The van der Waals surface area contributed by atoms with Crippen LogP contribution in [0.2, 0.25) is 0 Å². The van der Waals surface area contributed by atoms with Crippen LogP contribution in [0.5, 0.6) is 0 Å². The second-order valence-corrected chi connectivity index (χ2v) is 5.11. The van der Waals surface area contributed by atoms with Crippen molar-refractivity contribution in [2.75, 3.05) is 6.54 Å². The lowest BCUT2D eigenvalue weighted by molar-refractivity contribution is 0.121. The highest BCUT2D eigenvalue weighted by Crippen LogP contribution is 2.22. The summed E-state index contributed by atoms with van der Waals surface area (Å²) in [6.45, 7) is 3.32. The van der Waals surface area contributed by atoms with E-state index in [0.29, 0.717) is 12.1 Å². The summed E-state index contributed by atoms with van der Waals surface area (Å²) < 4.78 is 26.8. The second-order valence-electron chi connectivity index (χ2n) is 5.11. The van der Waals surface area contributed by atoms with Crippen LogP contribution in [0.1, 0.15) is 31.7 Å². The Morgan fingerprint density at radius 2 is 2.11 bits per heavy atom. The van der Waals surface area contributed by atoms with Gasteiger partial charge in [-0.3, -0.25) is 4.90 Å². The largest absolute Gasteiger partial charge is 0.327 e. The SMILES string of the molecule is CC(N)C1CCCCN1Cc1cccc(F)c1F.Cl. The van der Waals surface area contributed by atoms with Crippen LogP contribution >= 0.6 is 12.4 Å². The quantitative estimate of drug-likeness (QED) is 0.927. The van der Waals surface area contributed by atoms with E-state index >= 15 is 0 Å². The molecule has 2 N–H and O–H groups in total. The van der Waals surface area contributed by atoms with Crippen LogP contribution in [-0.4, -0.2) is 23.5 Å². The first-order valence-electron chi connectivity index (χ1n) is 6.52. The van der Waals surface area contributed by atoms with E-state index in [9.17, 15) is 8.78 Å². The topological polar surface area (TPSA) is 29.3 Å². The fourth-order valence-corrected chi connectivity index (χ4v) is 2.70. The highest BCUT2D eigenvalue weighted by molar-refractivity contribution is 5.85. The summed E-state index contributed by atoms with van der Waals surface area (Å²) in [6, 6.07) is 4.67. The van der Waals surface area contributed by atoms with Crippen LogP contribution in [0.3, 0.4) is 0 Å². The molecule has 1 aromatic carbocycles. The van der Waals surface area contributed by atoms with Gasteiger partial charge in [-0.15, -0.1) is 12.4 Å². The van der Waals surface area contributed by atoms with E-state index in [-0.39, 0.29) is 24.5 Å². The Morgan fingerprint density at radius 1 is 1.37 bits per heavy atom. The normalized spacial score (nSPS) is 21.8. The maximum Gasteiger partial charge on any atom is 0.163 e. The number of nitrogens with two attached hydrogens (primary N) is 1. The Balaban J connectivity index is 0.00000180. The number of rotatable bonds is 3. The molecule has 19 heavy (non-hydrogen) atoms. The Bertz CT molecular complexity index is 412. The zero-order valence-electron chi connectivity index (χ0n) is 11.1. The molecule has 108 valence electrons. The molecular formula is C14H21ClF2N2. The van der Waals surface area contributed by atoms with Crippen molar-refractivity contribution in [1.82, 2.24) is 4.90 Å². The Morgan fingerprint density at radius 3 is 2.79 bits per heavy atom. The van der Waals surface area contributed by atoms with Crippen molar-refractivity contribution in [3.05, 3.63) is 35.4 Å². The van der Waals surface area contributed by atoms with Gasteiger partial charge in [-0.05, 0) is 32.4 Å². The number of hydrogen-bond acceptors (Lipinski definition) is 2. The molecule has 2 unspecified atom stereocenters. The zero-order valence-corrected chi connectivity index (χ0v) is 11.9. The molecule has 1 heterocycles. The standard InChI is InChI=1S/C14H20F2N2.ClH/c1-10(17)13-7-2-3-8-18(13)9-11-5-4-6-12(15)14(11)16;/h4-6,10,13H,2-3,7-9,17H2,1H3;1H. The van der Waals surface area contributed by atoms with E-state index in [1.165, 1.54) is 0 Å². The van der Waals surface area contributed by atoms with E-state index in [2.05, 4.69) is 4.90 Å². The number of hydrogen-bond donors (Lipinski definition) is 1. The monoisotopic (exact) mass is 290 g/mol. The summed E-state index contributed by atoms with van der Waals surface area (Å²) in [7, 11) is 0. The summed E-state index contributed by atoms with van der Waals surface area (Å²) >= 11 is 0. The van der Waals surface area contributed by atoms with Gasteiger partial charge in [0.05, 0.1) is 0 Å². The highest BCUT2D eigenvalue weighted by atomic mass is 35.5. The van der Waals surface area contributed by atoms with Gasteiger partial charge in [0.2, 0.25) is 0 Å². The molecule has 2 rings (SSSR count). The van der Waals surface area contributed by atoms with E-state index in [4.69, 9.17) is 5.73 Å². The van der Waals surface area contributed by atoms with Crippen LogP contribution in [-0.2, 0) is 6.54 Å². The number of benzene rings is 1. The lowest BCUT2D eigenvalue weighted by atomic mass is 9.96. The predicted octanol–water partition coefficient (Wildman–Crippen LogP) is 3.09. The van der Waals surface area contributed by atoms with Crippen molar-refractivity contribution in [3.8, 4) is 0 Å². The molecule has 1 aliphatic heterocycles. The molecule has 0 saturated carbocycles. The van der Waals surface area contributed by atoms with Gasteiger partial charge in [0.25, 0.3) is 0 Å². The van der Waals surface area contributed by atoms with Gasteiger partial charge in [0.15, 0.2) is 11.6 Å². The molecule has 0 spiro atoms. The highest BCUT2D eigenvalue weighted by Gasteiger charge is 2.26. The van der Waals surface area contributed by atoms with Gasteiger partial charge in [0.1, 0.15) is 0 Å². The minimum Gasteiger partial charge on any atom is -0.327 e. The van der Waals surface area contributed by atoms with Crippen LogP contribution in [0.25, 0.3) is 0 Å². The maximum absolute atomic E-state index is 13.7. The Labute approximate surface area is 119 Å². The molecule has 0 bridgehead atoms. The van der Waals surface area contributed by atoms with Gasteiger partial charge in [-0.1, -0.05) is 18.6 Å². The molecule has 2 nitrogen and oxygen atoms in total. The molecule has 1 fully saturated rings. The average Bonchev–Trinajstić information content (AvgIpc) is 2.35. The number of nitrogens with zero attached hydrogens (tertiary/aromatic N) is 1. The van der Waals surface area contributed by atoms with Gasteiger partial charge in [0, 0.05) is 24.2 Å². The minimum absolute atomic E-state index is 0. The molecule has 2 atom stereocenters. The third-order valence-corrected chi connectivity index (χ3v) is 3.68. The minimum atomic E-state index is -0.776. The lowest BCUT2D eigenvalue weighted by Gasteiger charge is -2.38. The van der Waals surface area contributed by atoms with Crippen molar-refractivity contribution in [2.24, 2.45) is 5.73 Å². The number of likely N-dealkylation sites (tertiary alicyclic amines) is 1. The molecule has 0 aromatic heterocycles. The van der Waals surface area contributed by atoms with E-state index in [1.807, 2.05) is 6.92 Å². The number of piperidine rings is 1. The van der Waals surface area contributed by atoms with Gasteiger partial charge >= 0.3 is 0 Å². The van der Waals surface area contributed by atoms with Crippen LogP contribution in [0, 0.1) is 11.6 Å². The first-order valence-corrected chi connectivity index (χ1v) is 6.52. The van der Waals surface area contributed by atoms with Crippen LogP contribution < -0.4 is 5.73 Å². The van der Waals surface area contributed by atoms with Crippen molar-refractivity contribution in [1.29, 1.82) is 0 Å². The number of halogens is 3. The maximum atomic E-state index is 13.7. The van der Waals surface area contributed by atoms with E-state index in [0.717, 1.165) is 31.9 Å². The first-order chi connectivity index (χ1) is 8.59. The molecule has 0 aliphatic carbocycles. The fourth-order valence-electron chi connectivity index (χ4n) is 2.70. The molecular weight excluding hydrogens is 270 g/mol. The van der Waals surface area contributed by atoms with Gasteiger partial charge in [-0.2, -0.15) is 0 Å². The fraction of sp³-hybridized carbons (Fsp3) is 0.571. The summed E-state index contributed by atoms with van der Waals surface area (Å²) in [5.41, 5.74) is 6.39. The Kier molecular flexibility index (Phi) is 6.17. The first kappa shape index (κ1) is 16.3. The molecule has 1 aromatic rings. The van der Waals surface area contributed by atoms with Gasteiger partial charge in [-0.25, -0.2) is 8.78 Å². The molecule has 1 saturated heterocycles. The third kappa shape index (κ3) is 3.88. The van der Waals surface area contributed by atoms with E-state index < -0.39 is 11.6 Å². The van der Waals surface area contributed by atoms with Crippen molar-refractivity contribution in [3.63, 3.8) is 0 Å². The average molecular weight is 291 g/mol. The van der Waals surface area contributed by atoms with Crippen LogP contribution in [0.15, 0.2) is 18.2 Å². The molecule has 1 aliphatic rings. The summed E-state index contributed by atoms with van der Waals surface area (Å²) in [6.07, 6.45) is 3.29. The van der Waals surface area contributed by atoms with Gasteiger partial charge < -0.3 is 5.73 Å². The van der Waals surface area contributed by atoms with Crippen molar-refractivity contribution >= 4 is 12.4 Å². The smallest absolute Gasteiger partial charge is 0.163 e. The van der Waals surface area contributed by atoms with Crippen molar-refractivity contribution < 1.29 is 8.78 Å². The summed E-state index contributed by atoms with van der Waals surface area (Å²) in [5.74, 6) is -1.51. The predicted molar refractivity (Wildman–Crippen MR) is 75.3 cm³/mol. The summed E-state index contributed by atoms with van der Waals surface area (Å²) in [4.78, 5) is 2.17. The third-order valence-electron chi connectivity index (χ3n) is 3.68. The second kappa shape index (κ2) is 7.17. The molecule has 0 radical (unpaired) electrons. The van der Waals surface area contributed by atoms with Crippen LogP contribution in [0.4, 0.5) is 8.78 Å².